The average molecular weight is 400 g/mol. The van der Waals surface area contributed by atoms with Gasteiger partial charge in [0.15, 0.2) is 17.6 Å². The van der Waals surface area contributed by atoms with Crippen LogP contribution in [0.4, 0.5) is 4.39 Å². The number of ether oxygens (including phenoxy) is 3. The van der Waals surface area contributed by atoms with Crippen LogP contribution < -0.4 is 9.47 Å². The van der Waals surface area contributed by atoms with E-state index < -0.39 is 12.1 Å². The van der Waals surface area contributed by atoms with Crippen molar-refractivity contribution in [3.05, 3.63) is 59.2 Å². The van der Waals surface area contributed by atoms with Crippen molar-refractivity contribution in [2.75, 3.05) is 13.7 Å². The zero-order valence-electron chi connectivity index (χ0n) is 16.6. The van der Waals surface area contributed by atoms with Crippen LogP contribution in [0, 0.1) is 12.7 Å². The van der Waals surface area contributed by atoms with Crippen LogP contribution in [0.3, 0.4) is 0 Å². The first-order valence-corrected chi connectivity index (χ1v) is 9.04. The lowest BCUT2D eigenvalue weighted by atomic mass is 10.1. The maximum absolute atomic E-state index is 13.8. The number of rotatable bonds is 7. The van der Waals surface area contributed by atoms with Crippen LogP contribution in [0.25, 0.3) is 11.4 Å². The highest BCUT2D eigenvalue weighted by molar-refractivity contribution is 5.90. The van der Waals surface area contributed by atoms with Gasteiger partial charge in [-0.25, -0.2) is 9.18 Å². The third-order valence-corrected chi connectivity index (χ3v) is 4.20. The van der Waals surface area contributed by atoms with Gasteiger partial charge in [0.2, 0.25) is 5.82 Å². The quantitative estimate of drug-likeness (QED) is 0.540. The lowest BCUT2D eigenvalue weighted by molar-refractivity contribution is 0.0265. The molecular weight excluding hydrogens is 379 g/mol. The van der Waals surface area contributed by atoms with Crippen LogP contribution >= 0.6 is 0 Å². The Labute approximate surface area is 167 Å². The molecule has 3 rings (SSSR count). The number of hydrogen-bond acceptors (Lipinski definition) is 7. The van der Waals surface area contributed by atoms with Gasteiger partial charge in [0.05, 0.1) is 19.3 Å². The monoisotopic (exact) mass is 400 g/mol. The summed E-state index contributed by atoms with van der Waals surface area (Å²) >= 11 is 0. The van der Waals surface area contributed by atoms with E-state index in [-0.39, 0.29) is 23.1 Å². The molecule has 0 bridgehead atoms. The molecule has 0 saturated carbocycles. The predicted octanol–water partition coefficient (Wildman–Crippen LogP) is 4.51. The number of aryl methyl sites for hydroxylation is 1. The van der Waals surface area contributed by atoms with E-state index in [0.29, 0.717) is 29.2 Å². The predicted molar refractivity (Wildman–Crippen MR) is 102 cm³/mol. The summed E-state index contributed by atoms with van der Waals surface area (Å²) in [4.78, 5) is 16.7. The Kier molecular flexibility index (Phi) is 6.11. The summed E-state index contributed by atoms with van der Waals surface area (Å²) in [5.41, 5.74) is 1.28. The molecule has 0 aliphatic heterocycles. The number of methoxy groups -OCH3 is 1. The largest absolute Gasteiger partial charge is 0.493 e. The second kappa shape index (κ2) is 8.72. The van der Waals surface area contributed by atoms with Crippen molar-refractivity contribution in [2.45, 2.75) is 26.9 Å². The molecule has 29 heavy (non-hydrogen) atoms. The number of carbonyl (C=O) groups is 1. The van der Waals surface area contributed by atoms with E-state index in [2.05, 4.69) is 10.1 Å². The zero-order chi connectivity index (χ0) is 21.0. The third-order valence-electron chi connectivity index (χ3n) is 4.20. The van der Waals surface area contributed by atoms with Gasteiger partial charge in [-0.05, 0) is 50.6 Å². The van der Waals surface area contributed by atoms with Gasteiger partial charge >= 0.3 is 5.97 Å². The van der Waals surface area contributed by atoms with Crippen molar-refractivity contribution in [3.8, 4) is 22.9 Å². The molecule has 2 aromatic carbocycles. The standard InChI is InChI=1S/C21H21FN2O5/c1-5-27-17-9-8-15(11-18(17)26-4)21(25)28-13(3)20-23-19(24-29-20)14-7-6-12(2)16(22)10-14/h6-11,13H,5H2,1-4H3. The van der Waals surface area contributed by atoms with Crippen LogP contribution in [-0.4, -0.2) is 29.8 Å². The fraction of sp³-hybridized carbons (Fsp3) is 0.286. The van der Waals surface area contributed by atoms with Crippen LogP contribution in [0.5, 0.6) is 11.5 Å². The van der Waals surface area contributed by atoms with Crippen molar-refractivity contribution in [1.82, 2.24) is 10.1 Å². The van der Waals surface area contributed by atoms with Gasteiger partial charge in [-0.1, -0.05) is 17.3 Å². The number of hydrogen-bond donors (Lipinski definition) is 0. The molecule has 7 nitrogen and oxygen atoms in total. The molecule has 3 aromatic rings. The highest BCUT2D eigenvalue weighted by Crippen LogP contribution is 2.29. The van der Waals surface area contributed by atoms with E-state index in [1.807, 2.05) is 6.92 Å². The third kappa shape index (κ3) is 4.53. The van der Waals surface area contributed by atoms with Crippen molar-refractivity contribution in [1.29, 1.82) is 0 Å². The first-order valence-electron chi connectivity index (χ1n) is 9.04. The molecule has 8 heteroatoms. The smallest absolute Gasteiger partial charge is 0.339 e. The number of halogens is 1. The molecule has 1 unspecified atom stereocenters. The minimum atomic E-state index is -0.795. The summed E-state index contributed by atoms with van der Waals surface area (Å²) in [6.07, 6.45) is -0.795. The minimum Gasteiger partial charge on any atom is -0.493 e. The molecular formula is C21H21FN2O5. The summed E-state index contributed by atoms with van der Waals surface area (Å²) in [5, 5.41) is 3.84. The maximum Gasteiger partial charge on any atom is 0.339 e. The Morgan fingerprint density at radius 3 is 2.69 bits per heavy atom. The first-order chi connectivity index (χ1) is 13.9. The molecule has 0 spiro atoms. The van der Waals surface area contributed by atoms with E-state index in [1.165, 1.54) is 19.2 Å². The number of nitrogens with zero attached hydrogens (tertiary/aromatic N) is 2. The van der Waals surface area contributed by atoms with Crippen molar-refractivity contribution < 1.29 is 27.9 Å². The second-order valence-electron chi connectivity index (χ2n) is 6.27. The number of esters is 1. The molecule has 0 aliphatic carbocycles. The summed E-state index contributed by atoms with van der Waals surface area (Å²) in [6.45, 7) is 5.60. The molecule has 0 N–H and O–H groups in total. The lowest BCUT2D eigenvalue weighted by Crippen LogP contribution is -2.10. The maximum atomic E-state index is 13.8. The minimum absolute atomic E-state index is 0.104. The van der Waals surface area contributed by atoms with Crippen molar-refractivity contribution in [2.24, 2.45) is 0 Å². The molecule has 0 amide bonds. The lowest BCUT2D eigenvalue weighted by Gasteiger charge is -2.12. The van der Waals surface area contributed by atoms with Gasteiger partial charge in [0.25, 0.3) is 5.89 Å². The Morgan fingerprint density at radius 1 is 1.21 bits per heavy atom. The SMILES string of the molecule is CCOc1ccc(C(=O)OC(C)c2nc(-c3ccc(C)c(F)c3)no2)cc1OC. The average Bonchev–Trinajstić information content (AvgIpc) is 3.21. The van der Waals surface area contributed by atoms with Crippen LogP contribution in [-0.2, 0) is 4.74 Å². The van der Waals surface area contributed by atoms with Crippen LogP contribution in [0.2, 0.25) is 0 Å². The van der Waals surface area contributed by atoms with E-state index >= 15 is 0 Å². The molecule has 152 valence electrons. The molecule has 1 aromatic heterocycles. The number of aromatic nitrogens is 2. The number of benzene rings is 2. The Morgan fingerprint density at radius 2 is 2.00 bits per heavy atom. The van der Waals surface area contributed by atoms with Crippen molar-refractivity contribution >= 4 is 5.97 Å². The van der Waals surface area contributed by atoms with E-state index in [4.69, 9.17) is 18.7 Å². The summed E-state index contributed by atoms with van der Waals surface area (Å²) in [7, 11) is 1.49. The van der Waals surface area contributed by atoms with Gasteiger partial charge in [-0.3, -0.25) is 0 Å². The van der Waals surface area contributed by atoms with Crippen LogP contribution in [0.1, 0.15) is 41.8 Å². The van der Waals surface area contributed by atoms with Gasteiger partial charge in [-0.2, -0.15) is 4.98 Å². The molecule has 0 fully saturated rings. The first kappa shape index (κ1) is 20.3. The highest BCUT2D eigenvalue weighted by Gasteiger charge is 2.21. The normalized spacial score (nSPS) is 11.8. The fourth-order valence-corrected chi connectivity index (χ4v) is 2.60. The second-order valence-corrected chi connectivity index (χ2v) is 6.27. The molecule has 0 aliphatic rings. The van der Waals surface area contributed by atoms with Gasteiger partial charge in [0, 0.05) is 5.56 Å². The number of carbonyl (C=O) groups excluding carboxylic acids is 1. The summed E-state index contributed by atoms with van der Waals surface area (Å²) in [6, 6.07) is 9.40. The van der Waals surface area contributed by atoms with E-state index in [0.717, 1.165) is 0 Å². The summed E-state index contributed by atoms with van der Waals surface area (Å²) < 4.78 is 35.0. The summed E-state index contributed by atoms with van der Waals surface area (Å²) in [5.74, 6) is 0.330. The topological polar surface area (TPSA) is 83.7 Å². The molecule has 0 saturated heterocycles. The van der Waals surface area contributed by atoms with E-state index in [9.17, 15) is 9.18 Å². The fourth-order valence-electron chi connectivity index (χ4n) is 2.60. The zero-order valence-corrected chi connectivity index (χ0v) is 16.6. The van der Waals surface area contributed by atoms with Gasteiger partial charge in [0.1, 0.15) is 5.82 Å². The Bertz CT molecular complexity index is 1020. The van der Waals surface area contributed by atoms with E-state index in [1.54, 1.807) is 38.1 Å². The Hall–Kier alpha value is -3.42. The molecule has 0 radical (unpaired) electrons. The molecule has 1 heterocycles. The van der Waals surface area contributed by atoms with Crippen molar-refractivity contribution in [3.63, 3.8) is 0 Å². The van der Waals surface area contributed by atoms with Crippen LogP contribution in [0.15, 0.2) is 40.9 Å². The van der Waals surface area contributed by atoms with Gasteiger partial charge < -0.3 is 18.7 Å². The molecule has 1 atom stereocenters. The Balaban J connectivity index is 1.73. The highest BCUT2D eigenvalue weighted by atomic mass is 19.1. The van der Waals surface area contributed by atoms with Gasteiger partial charge in [-0.15, -0.1) is 0 Å².